The largest absolute Gasteiger partial charge is 0.329 e. The quantitative estimate of drug-likeness (QED) is 0.736. The summed E-state index contributed by atoms with van der Waals surface area (Å²) in [5, 5.41) is 11.5. The molecule has 1 fully saturated rings. The Morgan fingerprint density at radius 1 is 0.964 bits per heavy atom. The van der Waals surface area contributed by atoms with Gasteiger partial charge >= 0.3 is 0 Å². The van der Waals surface area contributed by atoms with Crippen LogP contribution in [0, 0.1) is 11.3 Å². The monoisotopic (exact) mass is 392 g/mol. The Kier molecular flexibility index (Phi) is 5.14. The molecule has 0 aliphatic carbocycles. The van der Waals surface area contributed by atoms with E-state index in [4.69, 9.17) is 5.26 Å². The minimum atomic E-state index is -3.56. The van der Waals surface area contributed by atoms with Gasteiger partial charge in [0.1, 0.15) is 6.54 Å². The molecule has 0 bridgehead atoms. The number of fused-ring (bicyclic) bond motifs is 1. The van der Waals surface area contributed by atoms with Crippen molar-refractivity contribution in [1.29, 1.82) is 5.26 Å². The van der Waals surface area contributed by atoms with Crippen molar-refractivity contribution in [3.05, 3.63) is 77.9 Å². The van der Waals surface area contributed by atoms with Crippen molar-refractivity contribution < 1.29 is 13.3 Å². The smallest absolute Gasteiger partial charge is 0.243 e. The second-order valence-corrected chi connectivity index (χ2v) is 9.05. The number of piperazine rings is 1. The number of hydrogen-bond donors (Lipinski definition) is 1. The summed E-state index contributed by atoms with van der Waals surface area (Å²) >= 11 is 0. The van der Waals surface area contributed by atoms with Crippen LogP contribution in [0.25, 0.3) is 10.8 Å². The first-order valence-corrected chi connectivity index (χ1v) is 10.8. The van der Waals surface area contributed by atoms with E-state index in [1.165, 1.54) is 31.6 Å². The van der Waals surface area contributed by atoms with Crippen molar-refractivity contribution in [2.24, 2.45) is 0 Å². The van der Waals surface area contributed by atoms with E-state index in [1.54, 1.807) is 18.2 Å². The molecular weight excluding hydrogens is 370 g/mol. The first kappa shape index (κ1) is 18.6. The van der Waals surface area contributed by atoms with Gasteiger partial charge in [-0.2, -0.15) is 9.57 Å². The summed E-state index contributed by atoms with van der Waals surface area (Å²) in [5.41, 5.74) is 1.66. The highest BCUT2D eigenvalue weighted by molar-refractivity contribution is 7.89. The molecular formula is C22H22N3O2S+. The van der Waals surface area contributed by atoms with Gasteiger partial charge in [0.2, 0.25) is 10.0 Å². The summed E-state index contributed by atoms with van der Waals surface area (Å²) < 4.78 is 27.3. The number of quaternary nitrogens is 1. The Morgan fingerprint density at radius 2 is 1.68 bits per heavy atom. The molecule has 1 aliphatic heterocycles. The van der Waals surface area contributed by atoms with Crippen LogP contribution in [0.2, 0.25) is 0 Å². The lowest BCUT2D eigenvalue weighted by atomic mass is 10.0. The van der Waals surface area contributed by atoms with Crippen LogP contribution < -0.4 is 4.90 Å². The third-order valence-corrected chi connectivity index (χ3v) is 7.25. The molecule has 142 valence electrons. The number of nitrogens with zero attached hydrogens (tertiary/aromatic N) is 2. The molecule has 0 radical (unpaired) electrons. The fourth-order valence-corrected chi connectivity index (χ4v) is 5.30. The maximum atomic E-state index is 12.9. The molecule has 1 aliphatic rings. The average Bonchev–Trinajstić information content (AvgIpc) is 2.74. The van der Waals surface area contributed by atoms with E-state index in [2.05, 4.69) is 36.4 Å². The number of nitrogens with one attached hydrogen (secondary N) is 1. The summed E-state index contributed by atoms with van der Waals surface area (Å²) in [6.45, 7) is 3.39. The zero-order valence-corrected chi connectivity index (χ0v) is 16.3. The van der Waals surface area contributed by atoms with Gasteiger partial charge in [-0.15, -0.1) is 0 Å². The zero-order valence-electron chi connectivity index (χ0n) is 15.5. The number of rotatable bonds is 4. The van der Waals surface area contributed by atoms with Crippen molar-refractivity contribution in [2.75, 3.05) is 26.2 Å². The van der Waals surface area contributed by atoms with Crippen LogP contribution >= 0.6 is 0 Å². The predicted molar refractivity (Wildman–Crippen MR) is 108 cm³/mol. The van der Waals surface area contributed by atoms with Gasteiger partial charge in [-0.25, -0.2) is 8.42 Å². The number of sulfonamides is 1. The van der Waals surface area contributed by atoms with Gasteiger partial charge in [-0.1, -0.05) is 48.5 Å². The molecule has 1 saturated heterocycles. The molecule has 0 atom stereocenters. The van der Waals surface area contributed by atoms with Crippen molar-refractivity contribution in [3.63, 3.8) is 0 Å². The first-order chi connectivity index (χ1) is 13.6. The van der Waals surface area contributed by atoms with Crippen LogP contribution in [0.4, 0.5) is 0 Å². The summed E-state index contributed by atoms with van der Waals surface area (Å²) in [6, 6.07) is 23.0. The molecule has 0 amide bonds. The number of benzene rings is 3. The van der Waals surface area contributed by atoms with E-state index in [-0.39, 0.29) is 4.90 Å². The standard InChI is InChI=1S/C22H21N3O2S/c23-16-18-5-3-9-21(15-18)28(26,27)25-13-11-24(12-14-25)17-20-8-4-7-19-6-1-2-10-22(19)20/h1-10,15H,11-14,17H2/p+1. The zero-order chi connectivity index (χ0) is 19.6. The minimum absolute atomic E-state index is 0.198. The molecule has 0 aromatic heterocycles. The first-order valence-electron chi connectivity index (χ1n) is 9.38. The van der Waals surface area contributed by atoms with Crippen LogP contribution in [0.15, 0.2) is 71.6 Å². The highest BCUT2D eigenvalue weighted by Crippen LogP contribution is 2.19. The summed E-state index contributed by atoms with van der Waals surface area (Å²) in [5.74, 6) is 0. The highest BCUT2D eigenvalue weighted by Gasteiger charge is 2.30. The molecule has 6 heteroatoms. The van der Waals surface area contributed by atoms with Crippen LogP contribution in [-0.2, 0) is 16.6 Å². The van der Waals surface area contributed by atoms with Crippen LogP contribution in [0.5, 0.6) is 0 Å². The lowest BCUT2D eigenvalue weighted by Crippen LogP contribution is -3.13. The fourth-order valence-electron chi connectivity index (χ4n) is 3.81. The van der Waals surface area contributed by atoms with E-state index >= 15 is 0 Å². The molecule has 1 N–H and O–H groups in total. The van der Waals surface area contributed by atoms with Crippen LogP contribution in [0.1, 0.15) is 11.1 Å². The molecule has 3 aromatic carbocycles. The molecule has 3 aromatic rings. The molecule has 0 unspecified atom stereocenters. The predicted octanol–water partition coefficient (Wildman–Crippen LogP) is 1.80. The SMILES string of the molecule is N#Cc1cccc(S(=O)(=O)N2CC[NH+](Cc3cccc4ccccc34)CC2)c1. The van der Waals surface area contributed by atoms with Gasteiger partial charge < -0.3 is 4.90 Å². The summed E-state index contributed by atoms with van der Waals surface area (Å²) in [6.07, 6.45) is 0. The van der Waals surface area contributed by atoms with E-state index in [0.717, 1.165) is 19.6 Å². The van der Waals surface area contributed by atoms with Gasteiger partial charge in [0.25, 0.3) is 0 Å². The Morgan fingerprint density at radius 3 is 2.46 bits per heavy atom. The Labute approximate surface area is 165 Å². The molecule has 5 nitrogen and oxygen atoms in total. The highest BCUT2D eigenvalue weighted by atomic mass is 32.2. The maximum Gasteiger partial charge on any atom is 0.243 e. The van der Waals surface area contributed by atoms with E-state index in [1.807, 2.05) is 12.1 Å². The van der Waals surface area contributed by atoms with E-state index < -0.39 is 10.0 Å². The Balaban J connectivity index is 1.46. The number of nitriles is 1. The second kappa shape index (κ2) is 7.72. The topological polar surface area (TPSA) is 65.6 Å². The third kappa shape index (κ3) is 3.65. The fraction of sp³-hybridized carbons (Fsp3) is 0.227. The Bertz CT molecular complexity index is 1140. The van der Waals surface area contributed by atoms with E-state index in [0.29, 0.717) is 18.7 Å². The van der Waals surface area contributed by atoms with Gasteiger partial charge in [-0.3, -0.25) is 0 Å². The molecule has 28 heavy (non-hydrogen) atoms. The van der Waals surface area contributed by atoms with Gasteiger partial charge in [0, 0.05) is 5.56 Å². The average molecular weight is 393 g/mol. The molecule has 0 spiro atoms. The van der Waals surface area contributed by atoms with Gasteiger partial charge in [0.05, 0.1) is 42.7 Å². The lowest BCUT2D eigenvalue weighted by Gasteiger charge is -2.31. The molecule has 4 rings (SSSR count). The van der Waals surface area contributed by atoms with Crippen LogP contribution in [-0.4, -0.2) is 38.9 Å². The Hall–Kier alpha value is -2.72. The van der Waals surface area contributed by atoms with Crippen molar-refractivity contribution in [3.8, 4) is 6.07 Å². The van der Waals surface area contributed by atoms with Crippen molar-refractivity contribution in [1.82, 2.24) is 4.31 Å². The third-order valence-electron chi connectivity index (χ3n) is 5.35. The van der Waals surface area contributed by atoms with Crippen molar-refractivity contribution >= 4 is 20.8 Å². The van der Waals surface area contributed by atoms with Gasteiger partial charge in [-0.05, 0) is 29.0 Å². The van der Waals surface area contributed by atoms with Crippen molar-refractivity contribution in [2.45, 2.75) is 11.4 Å². The van der Waals surface area contributed by atoms with Gasteiger partial charge in [0.15, 0.2) is 0 Å². The second-order valence-electron chi connectivity index (χ2n) is 7.11. The number of hydrogen-bond acceptors (Lipinski definition) is 3. The summed E-state index contributed by atoms with van der Waals surface area (Å²) in [7, 11) is -3.56. The maximum absolute atomic E-state index is 12.9. The van der Waals surface area contributed by atoms with Crippen LogP contribution in [0.3, 0.4) is 0 Å². The summed E-state index contributed by atoms with van der Waals surface area (Å²) in [4.78, 5) is 1.58. The molecule has 1 heterocycles. The minimum Gasteiger partial charge on any atom is -0.329 e. The lowest BCUT2D eigenvalue weighted by molar-refractivity contribution is -0.917. The molecule has 0 saturated carbocycles. The van der Waals surface area contributed by atoms with E-state index in [9.17, 15) is 8.42 Å². The normalized spacial score (nSPS) is 16.1.